The fourth-order valence-electron chi connectivity index (χ4n) is 6.06. The van der Waals surface area contributed by atoms with Crippen LogP contribution in [0, 0.1) is 0 Å². The number of fused-ring (bicyclic) bond motifs is 2. The fraction of sp³-hybridized carbons (Fsp3) is 0.353. The zero-order valence-electron chi connectivity index (χ0n) is 24.9. The van der Waals surface area contributed by atoms with E-state index in [0.717, 1.165) is 40.9 Å². The molecule has 1 aliphatic carbocycles. The van der Waals surface area contributed by atoms with E-state index >= 15 is 0 Å². The Morgan fingerprint density at radius 3 is 2.32 bits per heavy atom. The van der Waals surface area contributed by atoms with E-state index < -0.39 is 36.0 Å². The Morgan fingerprint density at radius 1 is 0.955 bits per heavy atom. The monoisotopic (exact) mass is 598 g/mol. The van der Waals surface area contributed by atoms with Gasteiger partial charge in [0.05, 0.1) is 6.04 Å². The molecule has 3 aromatic rings. The first-order valence-corrected chi connectivity index (χ1v) is 14.9. The van der Waals surface area contributed by atoms with Crippen LogP contribution in [0.4, 0.5) is 4.79 Å². The lowest BCUT2D eigenvalue weighted by Crippen LogP contribution is -2.59. The topological polar surface area (TPSA) is 139 Å². The molecule has 0 aromatic heterocycles. The summed E-state index contributed by atoms with van der Waals surface area (Å²) in [6.07, 6.45) is 1.83. The van der Waals surface area contributed by atoms with Crippen LogP contribution in [0.3, 0.4) is 0 Å². The Bertz CT molecular complexity index is 1540. The first kappa shape index (κ1) is 30.6. The van der Waals surface area contributed by atoms with Gasteiger partial charge >= 0.3 is 6.09 Å². The molecule has 0 spiro atoms. The lowest BCUT2D eigenvalue weighted by molar-refractivity contribution is -0.145. The summed E-state index contributed by atoms with van der Waals surface area (Å²) >= 11 is 0. The Hall–Kier alpha value is -4.86. The van der Waals surface area contributed by atoms with Crippen molar-refractivity contribution in [3.05, 3.63) is 101 Å². The first-order chi connectivity index (χ1) is 21.1. The highest BCUT2D eigenvalue weighted by Crippen LogP contribution is 2.31. The molecule has 0 bridgehead atoms. The lowest BCUT2D eigenvalue weighted by atomic mass is 9.87. The van der Waals surface area contributed by atoms with Crippen molar-refractivity contribution >= 4 is 23.8 Å². The van der Waals surface area contributed by atoms with Gasteiger partial charge in [0.15, 0.2) is 0 Å². The molecule has 1 heterocycles. The number of nitrogens with zero attached hydrogens (tertiary/aromatic N) is 2. The zero-order chi connectivity index (χ0) is 31.4. The minimum absolute atomic E-state index is 0.0611. The maximum atomic E-state index is 14.4. The fourth-order valence-corrected chi connectivity index (χ4v) is 6.06. The third-order valence-electron chi connectivity index (χ3n) is 8.77. The molecule has 3 aromatic carbocycles. The number of aromatic hydroxyl groups is 1. The van der Waals surface area contributed by atoms with Crippen molar-refractivity contribution in [2.45, 2.75) is 69.7 Å². The highest BCUT2D eigenvalue weighted by molar-refractivity contribution is 5.94. The summed E-state index contributed by atoms with van der Waals surface area (Å²) in [6, 6.07) is 19.0. The van der Waals surface area contributed by atoms with Crippen molar-refractivity contribution in [2.75, 3.05) is 7.05 Å². The highest BCUT2D eigenvalue weighted by atomic mass is 16.4. The van der Waals surface area contributed by atoms with Crippen molar-refractivity contribution in [2.24, 2.45) is 0 Å². The van der Waals surface area contributed by atoms with Gasteiger partial charge in [-0.2, -0.15) is 0 Å². The van der Waals surface area contributed by atoms with Gasteiger partial charge in [-0.3, -0.25) is 19.3 Å². The quantitative estimate of drug-likeness (QED) is 0.313. The van der Waals surface area contributed by atoms with E-state index in [9.17, 15) is 29.4 Å². The van der Waals surface area contributed by atoms with Gasteiger partial charge in [0.25, 0.3) is 0 Å². The molecule has 10 nitrogen and oxygen atoms in total. The number of carboxylic acid groups (broad SMARTS) is 1. The van der Waals surface area contributed by atoms with Crippen molar-refractivity contribution in [1.82, 2.24) is 20.4 Å². The van der Waals surface area contributed by atoms with Gasteiger partial charge in [0.2, 0.25) is 17.7 Å². The number of likely N-dealkylation sites (N-methyl/N-ethyl adjacent to an activating group) is 1. The smallest absolute Gasteiger partial charge is 0.407 e. The van der Waals surface area contributed by atoms with Crippen molar-refractivity contribution in [3.63, 3.8) is 0 Å². The van der Waals surface area contributed by atoms with E-state index in [0.29, 0.717) is 12.0 Å². The molecule has 10 heteroatoms. The summed E-state index contributed by atoms with van der Waals surface area (Å²) in [5.41, 5.74) is 4.88. The summed E-state index contributed by atoms with van der Waals surface area (Å²) in [5, 5.41) is 25.1. The standard InChI is InChI=1S/C34H38N4O6/c1-21(37(2)34(43)44)31(40)36-29(18-22-14-16-26(39)17-15-22)33(42)38-20-25-10-4-3-9-24(25)19-30(38)32(41)35-28-13-7-11-23-8-5-6-12-27(23)28/h3-6,8-10,12,14-17,21,28-30,39H,7,11,13,18-20H2,1-2H3,(H,35,41)(H,36,40)(H,43,44)/t21-,28+,29-,30-/m0/s1. The van der Waals surface area contributed by atoms with Crippen LogP contribution in [0.1, 0.15) is 53.6 Å². The van der Waals surface area contributed by atoms with Gasteiger partial charge in [0, 0.05) is 26.4 Å². The van der Waals surface area contributed by atoms with Crippen LogP contribution in [0.2, 0.25) is 0 Å². The number of amides is 4. The maximum absolute atomic E-state index is 14.4. The Morgan fingerprint density at radius 2 is 1.61 bits per heavy atom. The van der Waals surface area contributed by atoms with E-state index in [2.05, 4.69) is 16.7 Å². The predicted molar refractivity (Wildman–Crippen MR) is 164 cm³/mol. The van der Waals surface area contributed by atoms with E-state index in [1.807, 2.05) is 42.5 Å². The summed E-state index contributed by atoms with van der Waals surface area (Å²) in [5.74, 6) is -1.28. The van der Waals surface area contributed by atoms with Gasteiger partial charge in [-0.15, -0.1) is 0 Å². The Labute approximate surface area is 256 Å². The Kier molecular flexibility index (Phi) is 9.18. The summed E-state index contributed by atoms with van der Waals surface area (Å²) in [4.78, 5) is 55.6. The molecule has 230 valence electrons. The van der Waals surface area contributed by atoms with Gasteiger partial charge in [0.1, 0.15) is 23.9 Å². The number of hydrogen-bond acceptors (Lipinski definition) is 5. The number of phenols is 1. The lowest BCUT2D eigenvalue weighted by Gasteiger charge is -2.39. The van der Waals surface area contributed by atoms with Gasteiger partial charge in [-0.1, -0.05) is 60.7 Å². The van der Waals surface area contributed by atoms with Gasteiger partial charge < -0.3 is 25.7 Å². The van der Waals surface area contributed by atoms with E-state index in [4.69, 9.17) is 0 Å². The molecule has 0 unspecified atom stereocenters. The van der Waals surface area contributed by atoms with E-state index in [1.54, 1.807) is 12.1 Å². The minimum atomic E-state index is -1.28. The van der Waals surface area contributed by atoms with E-state index in [1.165, 1.54) is 36.6 Å². The highest BCUT2D eigenvalue weighted by Gasteiger charge is 2.39. The normalized spacial score (nSPS) is 18.6. The predicted octanol–water partition coefficient (Wildman–Crippen LogP) is 3.57. The molecule has 5 rings (SSSR count). The maximum Gasteiger partial charge on any atom is 0.407 e. The number of carbonyl (C=O) groups is 4. The van der Waals surface area contributed by atoms with Crippen LogP contribution >= 0.6 is 0 Å². The third-order valence-corrected chi connectivity index (χ3v) is 8.77. The second-order valence-corrected chi connectivity index (χ2v) is 11.6. The van der Waals surface area contributed by atoms with Gasteiger partial charge in [-0.05, 0) is 66.1 Å². The number of rotatable bonds is 8. The molecule has 4 N–H and O–H groups in total. The summed E-state index contributed by atoms with van der Waals surface area (Å²) in [6.45, 7) is 1.63. The number of nitrogens with one attached hydrogen (secondary N) is 2. The average molecular weight is 599 g/mol. The largest absolute Gasteiger partial charge is 0.508 e. The average Bonchev–Trinajstić information content (AvgIpc) is 3.03. The van der Waals surface area contributed by atoms with Crippen LogP contribution < -0.4 is 10.6 Å². The second-order valence-electron chi connectivity index (χ2n) is 11.6. The van der Waals surface area contributed by atoms with Crippen molar-refractivity contribution in [1.29, 1.82) is 0 Å². The molecular formula is C34H38N4O6. The summed E-state index contributed by atoms with van der Waals surface area (Å²) in [7, 11) is 1.29. The number of aryl methyl sites for hydroxylation is 1. The molecule has 0 radical (unpaired) electrons. The summed E-state index contributed by atoms with van der Waals surface area (Å²) < 4.78 is 0. The first-order valence-electron chi connectivity index (χ1n) is 14.9. The molecule has 44 heavy (non-hydrogen) atoms. The van der Waals surface area contributed by atoms with Crippen LogP contribution in [0.25, 0.3) is 0 Å². The number of carbonyl (C=O) groups excluding carboxylic acids is 3. The van der Waals surface area contributed by atoms with Crippen LogP contribution in [0.15, 0.2) is 72.8 Å². The third kappa shape index (κ3) is 6.69. The minimum Gasteiger partial charge on any atom is -0.508 e. The molecule has 4 amide bonds. The molecule has 0 fully saturated rings. The number of benzene rings is 3. The van der Waals surface area contributed by atoms with E-state index in [-0.39, 0.29) is 30.7 Å². The second kappa shape index (κ2) is 13.2. The molecule has 0 saturated heterocycles. The molecule has 1 aliphatic heterocycles. The SMILES string of the molecule is C[C@@H](C(=O)N[C@@H](Cc1ccc(O)cc1)C(=O)N1Cc2ccccc2C[C@H]1C(=O)N[C@@H]1CCCc2ccccc21)N(C)C(=O)O. The van der Waals surface area contributed by atoms with Crippen LogP contribution in [-0.2, 0) is 40.2 Å². The van der Waals surface area contributed by atoms with Crippen molar-refractivity contribution in [3.8, 4) is 5.75 Å². The van der Waals surface area contributed by atoms with Crippen LogP contribution in [0.5, 0.6) is 5.75 Å². The molecule has 0 saturated carbocycles. The van der Waals surface area contributed by atoms with Crippen molar-refractivity contribution < 1.29 is 29.4 Å². The molecular weight excluding hydrogens is 560 g/mol. The van der Waals surface area contributed by atoms with Crippen LogP contribution in [-0.4, -0.2) is 69.0 Å². The molecule has 4 atom stereocenters. The zero-order valence-corrected chi connectivity index (χ0v) is 24.9. The molecule has 2 aliphatic rings. The Balaban J connectivity index is 1.44. The number of hydrogen-bond donors (Lipinski definition) is 4. The number of phenolic OH excluding ortho intramolecular Hbond substituents is 1. The van der Waals surface area contributed by atoms with Gasteiger partial charge in [-0.25, -0.2) is 4.79 Å².